The summed E-state index contributed by atoms with van der Waals surface area (Å²) in [7, 11) is 0. The van der Waals surface area contributed by atoms with Crippen LogP contribution in [0.1, 0.15) is 56.5 Å². The Kier molecular flexibility index (Phi) is 3.68. The predicted octanol–water partition coefficient (Wildman–Crippen LogP) is 3.16. The Bertz CT molecular complexity index is 378. The van der Waals surface area contributed by atoms with E-state index in [4.69, 9.17) is 4.74 Å². The predicted molar refractivity (Wildman–Crippen MR) is 63.5 cm³/mol. The molecule has 1 aromatic heterocycles. The Morgan fingerprint density at radius 3 is 2.50 bits per heavy atom. The number of esters is 1. The van der Waals surface area contributed by atoms with Crippen LogP contribution in [0.25, 0.3) is 0 Å². The number of carbonyl (C=O) groups is 1. The average Bonchev–Trinajstić information content (AvgIpc) is 2.15. The Morgan fingerprint density at radius 2 is 2.00 bits per heavy atom. The highest BCUT2D eigenvalue weighted by Gasteiger charge is 2.21. The summed E-state index contributed by atoms with van der Waals surface area (Å²) in [6.07, 6.45) is 3.34. The molecule has 0 bridgehead atoms. The second kappa shape index (κ2) is 4.64. The number of nitrogens with zero attached hydrogens (tertiary/aromatic N) is 1. The summed E-state index contributed by atoms with van der Waals surface area (Å²) in [5.41, 5.74) is 1.07. The minimum absolute atomic E-state index is 0.260. The van der Waals surface area contributed by atoms with Crippen LogP contribution in [0.3, 0.4) is 0 Å². The average molecular weight is 221 g/mol. The van der Waals surface area contributed by atoms with Crippen molar-refractivity contribution in [1.82, 2.24) is 4.98 Å². The molecule has 3 nitrogen and oxygen atoms in total. The second-order valence-corrected chi connectivity index (χ2v) is 5.12. The number of carbonyl (C=O) groups excluding carboxylic acids is 1. The number of rotatable bonds is 2. The molecule has 0 aliphatic carbocycles. The standard InChI is InChI=1S/C13H19NO2/c1-9(2)11-8-14-7-6-10(11)12(15)16-13(3,4)5/h6-9H,1-5H3. The van der Waals surface area contributed by atoms with Gasteiger partial charge in [0.15, 0.2) is 0 Å². The van der Waals surface area contributed by atoms with Gasteiger partial charge in [0.1, 0.15) is 5.60 Å². The Labute approximate surface area is 96.8 Å². The maximum absolute atomic E-state index is 11.9. The molecule has 0 saturated carbocycles. The van der Waals surface area contributed by atoms with E-state index in [1.807, 2.05) is 34.6 Å². The number of pyridine rings is 1. The molecular weight excluding hydrogens is 202 g/mol. The van der Waals surface area contributed by atoms with Gasteiger partial charge in [-0.15, -0.1) is 0 Å². The van der Waals surface area contributed by atoms with Crippen molar-refractivity contribution in [1.29, 1.82) is 0 Å². The van der Waals surface area contributed by atoms with Crippen LogP contribution < -0.4 is 0 Å². The third-order valence-electron chi connectivity index (χ3n) is 2.09. The van der Waals surface area contributed by atoms with Gasteiger partial charge in [0, 0.05) is 12.4 Å². The third-order valence-corrected chi connectivity index (χ3v) is 2.09. The lowest BCUT2D eigenvalue weighted by Gasteiger charge is -2.21. The summed E-state index contributed by atoms with van der Waals surface area (Å²) in [6.45, 7) is 9.65. The van der Waals surface area contributed by atoms with Gasteiger partial charge in [-0.1, -0.05) is 13.8 Å². The molecule has 88 valence electrons. The first-order valence-electron chi connectivity index (χ1n) is 5.48. The van der Waals surface area contributed by atoms with E-state index in [1.165, 1.54) is 0 Å². The van der Waals surface area contributed by atoms with E-state index in [0.29, 0.717) is 5.56 Å². The molecule has 0 fully saturated rings. The SMILES string of the molecule is CC(C)c1cnccc1C(=O)OC(C)(C)C. The summed E-state index contributed by atoms with van der Waals surface area (Å²) < 4.78 is 5.35. The number of hydrogen-bond acceptors (Lipinski definition) is 3. The van der Waals surface area contributed by atoms with E-state index in [1.54, 1.807) is 18.5 Å². The zero-order valence-electron chi connectivity index (χ0n) is 10.6. The van der Waals surface area contributed by atoms with Crippen LogP contribution in [-0.2, 0) is 4.74 Å². The molecular formula is C13H19NO2. The van der Waals surface area contributed by atoms with E-state index in [0.717, 1.165) is 5.56 Å². The summed E-state index contributed by atoms with van der Waals surface area (Å²) in [5.74, 6) is -0.0187. The maximum atomic E-state index is 11.9. The number of aromatic nitrogens is 1. The van der Waals surface area contributed by atoms with E-state index in [9.17, 15) is 4.79 Å². The monoisotopic (exact) mass is 221 g/mol. The highest BCUT2D eigenvalue weighted by Crippen LogP contribution is 2.20. The normalized spacial score (nSPS) is 11.6. The zero-order chi connectivity index (χ0) is 12.3. The van der Waals surface area contributed by atoms with Crippen molar-refractivity contribution in [2.45, 2.75) is 46.1 Å². The fourth-order valence-electron chi connectivity index (χ4n) is 1.39. The molecule has 0 aromatic carbocycles. The summed E-state index contributed by atoms with van der Waals surface area (Å²) in [6, 6.07) is 1.71. The largest absolute Gasteiger partial charge is 0.456 e. The maximum Gasteiger partial charge on any atom is 0.339 e. The number of ether oxygens (including phenoxy) is 1. The highest BCUT2D eigenvalue weighted by molar-refractivity contribution is 5.91. The van der Waals surface area contributed by atoms with Gasteiger partial charge in [-0.05, 0) is 38.3 Å². The van der Waals surface area contributed by atoms with Crippen molar-refractivity contribution in [2.24, 2.45) is 0 Å². The molecule has 3 heteroatoms. The van der Waals surface area contributed by atoms with Crippen LogP contribution in [0.2, 0.25) is 0 Å². The molecule has 0 saturated heterocycles. The van der Waals surface area contributed by atoms with Gasteiger partial charge in [0.2, 0.25) is 0 Å². The lowest BCUT2D eigenvalue weighted by Crippen LogP contribution is -2.24. The molecule has 0 amide bonds. The molecule has 16 heavy (non-hydrogen) atoms. The molecule has 0 N–H and O–H groups in total. The van der Waals surface area contributed by atoms with Gasteiger partial charge in [0.25, 0.3) is 0 Å². The van der Waals surface area contributed by atoms with Crippen LogP contribution in [0, 0.1) is 0 Å². The first-order valence-corrected chi connectivity index (χ1v) is 5.48. The van der Waals surface area contributed by atoms with Crippen molar-refractivity contribution in [2.75, 3.05) is 0 Å². The van der Waals surface area contributed by atoms with E-state index < -0.39 is 5.60 Å². The summed E-state index contributed by atoms with van der Waals surface area (Å²) in [5, 5.41) is 0. The van der Waals surface area contributed by atoms with Crippen molar-refractivity contribution in [3.8, 4) is 0 Å². The van der Waals surface area contributed by atoms with Gasteiger partial charge in [0.05, 0.1) is 5.56 Å². The Hall–Kier alpha value is -1.38. The zero-order valence-corrected chi connectivity index (χ0v) is 10.6. The van der Waals surface area contributed by atoms with Crippen LogP contribution in [0.5, 0.6) is 0 Å². The van der Waals surface area contributed by atoms with Crippen molar-refractivity contribution in [3.63, 3.8) is 0 Å². The van der Waals surface area contributed by atoms with Crippen LogP contribution >= 0.6 is 0 Å². The highest BCUT2D eigenvalue weighted by atomic mass is 16.6. The van der Waals surface area contributed by atoms with Gasteiger partial charge >= 0.3 is 5.97 Å². The van der Waals surface area contributed by atoms with Gasteiger partial charge in [-0.25, -0.2) is 4.79 Å². The number of hydrogen-bond donors (Lipinski definition) is 0. The molecule has 0 radical (unpaired) electrons. The second-order valence-electron chi connectivity index (χ2n) is 5.12. The molecule has 1 rings (SSSR count). The molecule has 1 heterocycles. The molecule has 0 atom stereocenters. The van der Waals surface area contributed by atoms with Crippen molar-refractivity contribution < 1.29 is 9.53 Å². The Balaban J connectivity index is 3.00. The lowest BCUT2D eigenvalue weighted by molar-refractivity contribution is 0.00678. The molecule has 0 spiro atoms. The third kappa shape index (κ3) is 3.33. The summed E-state index contributed by atoms with van der Waals surface area (Å²) in [4.78, 5) is 16.0. The first-order chi connectivity index (χ1) is 7.31. The Morgan fingerprint density at radius 1 is 1.38 bits per heavy atom. The lowest BCUT2D eigenvalue weighted by atomic mass is 10.00. The van der Waals surface area contributed by atoms with Crippen molar-refractivity contribution >= 4 is 5.97 Å². The quantitative estimate of drug-likeness (QED) is 0.720. The fourth-order valence-corrected chi connectivity index (χ4v) is 1.39. The minimum atomic E-state index is -0.464. The molecule has 1 aromatic rings. The van der Waals surface area contributed by atoms with Gasteiger partial charge in [-0.3, -0.25) is 4.98 Å². The van der Waals surface area contributed by atoms with Gasteiger partial charge < -0.3 is 4.74 Å². The fraction of sp³-hybridized carbons (Fsp3) is 0.538. The van der Waals surface area contributed by atoms with Crippen molar-refractivity contribution in [3.05, 3.63) is 29.6 Å². The summed E-state index contributed by atoms with van der Waals surface area (Å²) >= 11 is 0. The van der Waals surface area contributed by atoms with E-state index in [-0.39, 0.29) is 11.9 Å². The van der Waals surface area contributed by atoms with Crippen LogP contribution in [0.15, 0.2) is 18.5 Å². The molecule has 0 aliphatic heterocycles. The molecule has 0 aliphatic rings. The molecule has 0 unspecified atom stereocenters. The smallest absolute Gasteiger partial charge is 0.339 e. The first kappa shape index (κ1) is 12.7. The topological polar surface area (TPSA) is 39.2 Å². The van der Waals surface area contributed by atoms with E-state index in [2.05, 4.69) is 4.98 Å². The van der Waals surface area contributed by atoms with Crippen LogP contribution in [-0.4, -0.2) is 16.6 Å². The van der Waals surface area contributed by atoms with Crippen LogP contribution in [0.4, 0.5) is 0 Å². The minimum Gasteiger partial charge on any atom is -0.456 e. The van der Waals surface area contributed by atoms with Gasteiger partial charge in [-0.2, -0.15) is 0 Å². The van der Waals surface area contributed by atoms with E-state index >= 15 is 0 Å².